The van der Waals surface area contributed by atoms with E-state index in [1.807, 2.05) is 10.9 Å². The Morgan fingerprint density at radius 2 is 2.11 bits per heavy atom. The van der Waals surface area contributed by atoms with Crippen molar-refractivity contribution in [1.29, 1.82) is 5.26 Å². The van der Waals surface area contributed by atoms with Gasteiger partial charge < -0.3 is 14.7 Å². The molecule has 0 aromatic carbocycles. The molecule has 1 N–H and O–H groups in total. The molecule has 0 aliphatic carbocycles. The molecule has 3 aromatic heterocycles. The maximum Gasteiger partial charge on any atom is 0.407 e. The molecule has 0 bridgehead atoms. The van der Waals surface area contributed by atoms with Gasteiger partial charge in [0.05, 0.1) is 30.4 Å². The molecular weight excluding hydrogens is 360 g/mol. The van der Waals surface area contributed by atoms with Gasteiger partial charge in [-0.1, -0.05) is 0 Å². The number of hydrogen-bond donors (Lipinski definition) is 1. The van der Waals surface area contributed by atoms with Crippen molar-refractivity contribution in [1.82, 2.24) is 24.6 Å². The SMILES string of the molecule is COc1ccc2ncc(C#N)c(-c3cnn(C4CCN(C(=O)O)CC4)c3)c2n1. The number of fused-ring (bicyclic) bond motifs is 1. The third-order valence-corrected chi connectivity index (χ3v) is 5.02. The zero-order chi connectivity index (χ0) is 19.7. The molecule has 1 saturated heterocycles. The Morgan fingerprint density at radius 3 is 2.79 bits per heavy atom. The van der Waals surface area contributed by atoms with Crippen molar-refractivity contribution in [2.75, 3.05) is 20.2 Å². The number of pyridine rings is 2. The summed E-state index contributed by atoms with van der Waals surface area (Å²) >= 11 is 0. The monoisotopic (exact) mass is 378 g/mol. The lowest BCUT2D eigenvalue weighted by molar-refractivity contribution is 0.124. The summed E-state index contributed by atoms with van der Waals surface area (Å²) in [6, 6.07) is 5.83. The Kier molecular flexibility index (Phi) is 4.53. The van der Waals surface area contributed by atoms with Gasteiger partial charge in [-0.05, 0) is 18.9 Å². The fraction of sp³-hybridized carbons (Fsp3) is 0.316. The Hall–Kier alpha value is -3.67. The zero-order valence-electron chi connectivity index (χ0n) is 15.2. The van der Waals surface area contributed by atoms with Crippen molar-refractivity contribution in [2.24, 2.45) is 0 Å². The zero-order valence-corrected chi connectivity index (χ0v) is 15.2. The summed E-state index contributed by atoms with van der Waals surface area (Å²) in [5.74, 6) is 0.444. The molecule has 4 rings (SSSR count). The Labute approximate surface area is 160 Å². The van der Waals surface area contributed by atoms with Crippen molar-refractivity contribution < 1.29 is 14.6 Å². The minimum atomic E-state index is -0.887. The summed E-state index contributed by atoms with van der Waals surface area (Å²) in [6.07, 6.45) is 5.64. The molecule has 0 unspecified atom stereocenters. The molecule has 1 amide bonds. The lowest BCUT2D eigenvalue weighted by Crippen LogP contribution is -2.38. The van der Waals surface area contributed by atoms with Gasteiger partial charge in [0.25, 0.3) is 0 Å². The van der Waals surface area contributed by atoms with Crippen LogP contribution in [0.1, 0.15) is 24.4 Å². The largest absolute Gasteiger partial charge is 0.481 e. The summed E-state index contributed by atoms with van der Waals surface area (Å²) in [6.45, 7) is 0.963. The van der Waals surface area contributed by atoms with Crippen LogP contribution in [0.5, 0.6) is 5.88 Å². The summed E-state index contributed by atoms with van der Waals surface area (Å²) < 4.78 is 7.07. The molecular formula is C19H18N6O3. The van der Waals surface area contributed by atoms with Crippen molar-refractivity contribution in [3.8, 4) is 23.1 Å². The fourth-order valence-electron chi connectivity index (χ4n) is 3.53. The van der Waals surface area contributed by atoms with Gasteiger partial charge in [0.1, 0.15) is 11.6 Å². The highest BCUT2D eigenvalue weighted by Gasteiger charge is 2.24. The second-order valence-corrected chi connectivity index (χ2v) is 6.59. The number of aromatic nitrogens is 4. The number of piperidine rings is 1. The average molecular weight is 378 g/mol. The van der Waals surface area contributed by atoms with Crippen LogP contribution in [0.25, 0.3) is 22.2 Å². The number of nitriles is 1. The van der Waals surface area contributed by atoms with E-state index in [1.54, 1.807) is 18.3 Å². The van der Waals surface area contributed by atoms with Gasteiger partial charge in [0.2, 0.25) is 5.88 Å². The predicted octanol–water partition coefficient (Wildman–Crippen LogP) is 2.69. The maximum atomic E-state index is 11.1. The molecule has 28 heavy (non-hydrogen) atoms. The smallest absolute Gasteiger partial charge is 0.407 e. The quantitative estimate of drug-likeness (QED) is 0.744. The van der Waals surface area contributed by atoms with E-state index < -0.39 is 6.09 Å². The van der Waals surface area contributed by atoms with Crippen LogP contribution < -0.4 is 4.74 Å². The molecule has 9 heteroatoms. The van der Waals surface area contributed by atoms with Crippen molar-refractivity contribution in [3.05, 3.63) is 36.3 Å². The first kappa shape index (κ1) is 17.7. The van der Waals surface area contributed by atoms with Crippen LogP contribution in [0.15, 0.2) is 30.7 Å². The van der Waals surface area contributed by atoms with Crippen LogP contribution in [0.4, 0.5) is 4.79 Å². The van der Waals surface area contributed by atoms with Gasteiger partial charge in [-0.3, -0.25) is 9.67 Å². The molecule has 1 fully saturated rings. The summed E-state index contributed by atoms with van der Waals surface area (Å²) in [7, 11) is 1.54. The molecule has 3 aromatic rings. The van der Waals surface area contributed by atoms with Crippen LogP contribution in [0.3, 0.4) is 0 Å². The van der Waals surface area contributed by atoms with E-state index in [2.05, 4.69) is 21.1 Å². The van der Waals surface area contributed by atoms with Gasteiger partial charge in [-0.2, -0.15) is 10.4 Å². The summed E-state index contributed by atoms with van der Waals surface area (Å²) in [5.41, 5.74) is 3.09. The highest BCUT2D eigenvalue weighted by molar-refractivity contribution is 5.94. The Bertz CT molecular complexity index is 1080. The molecule has 1 aliphatic heterocycles. The standard InChI is InChI=1S/C19H18N6O3/c1-28-16-3-2-15-18(23-16)17(12(8-20)9-21-15)13-10-22-25(11-13)14-4-6-24(7-5-14)19(26)27/h2-3,9-11,14H,4-7H2,1H3,(H,26,27). The van der Waals surface area contributed by atoms with Crippen LogP contribution in [0, 0.1) is 11.3 Å². The van der Waals surface area contributed by atoms with Gasteiger partial charge in [-0.15, -0.1) is 0 Å². The lowest BCUT2D eigenvalue weighted by Gasteiger charge is -2.30. The van der Waals surface area contributed by atoms with Crippen molar-refractivity contribution >= 4 is 17.1 Å². The Morgan fingerprint density at radius 1 is 1.32 bits per heavy atom. The van der Waals surface area contributed by atoms with E-state index in [1.165, 1.54) is 18.2 Å². The molecule has 142 valence electrons. The third-order valence-electron chi connectivity index (χ3n) is 5.02. The number of likely N-dealkylation sites (tertiary alicyclic amines) is 1. The third kappa shape index (κ3) is 3.09. The predicted molar refractivity (Wildman–Crippen MR) is 99.9 cm³/mol. The molecule has 4 heterocycles. The van der Waals surface area contributed by atoms with Gasteiger partial charge in [0, 0.05) is 42.7 Å². The van der Waals surface area contributed by atoms with Gasteiger partial charge >= 0.3 is 6.09 Å². The van der Waals surface area contributed by atoms with Gasteiger partial charge in [0.15, 0.2) is 0 Å². The minimum absolute atomic E-state index is 0.116. The second kappa shape index (κ2) is 7.15. The second-order valence-electron chi connectivity index (χ2n) is 6.59. The number of nitrogens with zero attached hydrogens (tertiary/aromatic N) is 6. The number of hydrogen-bond acceptors (Lipinski definition) is 6. The van der Waals surface area contributed by atoms with Crippen LogP contribution in [-0.4, -0.2) is 56.0 Å². The first-order chi connectivity index (χ1) is 13.6. The van der Waals surface area contributed by atoms with Crippen molar-refractivity contribution in [3.63, 3.8) is 0 Å². The van der Waals surface area contributed by atoms with E-state index in [9.17, 15) is 10.1 Å². The van der Waals surface area contributed by atoms with E-state index in [-0.39, 0.29) is 6.04 Å². The first-order valence-electron chi connectivity index (χ1n) is 8.87. The maximum absolute atomic E-state index is 11.1. The summed E-state index contributed by atoms with van der Waals surface area (Å²) in [5, 5.41) is 23.1. The van der Waals surface area contributed by atoms with Crippen molar-refractivity contribution in [2.45, 2.75) is 18.9 Å². The number of ether oxygens (including phenoxy) is 1. The topological polar surface area (TPSA) is 117 Å². The fourth-order valence-corrected chi connectivity index (χ4v) is 3.53. The number of carbonyl (C=O) groups is 1. The highest BCUT2D eigenvalue weighted by Crippen LogP contribution is 2.32. The minimum Gasteiger partial charge on any atom is -0.481 e. The molecule has 0 atom stereocenters. The Balaban J connectivity index is 1.71. The molecule has 0 radical (unpaired) electrons. The normalized spacial score (nSPS) is 14.8. The highest BCUT2D eigenvalue weighted by atomic mass is 16.5. The number of carboxylic acid groups (broad SMARTS) is 1. The number of methoxy groups -OCH3 is 1. The average Bonchev–Trinajstić information content (AvgIpc) is 3.22. The van der Waals surface area contributed by atoms with Crippen LogP contribution >= 0.6 is 0 Å². The summed E-state index contributed by atoms with van der Waals surface area (Å²) in [4.78, 5) is 21.3. The molecule has 9 nitrogen and oxygen atoms in total. The number of rotatable bonds is 3. The van der Waals surface area contributed by atoms with Gasteiger partial charge in [-0.25, -0.2) is 9.78 Å². The van der Waals surface area contributed by atoms with E-state index in [0.29, 0.717) is 54.0 Å². The molecule has 1 aliphatic rings. The number of amides is 1. The first-order valence-corrected chi connectivity index (χ1v) is 8.87. The van der Waals surface area contributed by atoms with E-state index >= 15 is 0 Å². The lowest BCUT2D eigenvalue weighted by atomic mass is 10.0. The van der Waals surface area contributed by atoms with E-state index in [4.69, 9.17) is 9.84 Å². The molecule has 0 saturated carbocycles. The van der Waals surface area contributed by atoms with Crippen LogP contribution in [0.2, 0.25) is 0 Å². The van der Waals surface area contributed by atoms with Crippen LogP contribution in [-0.2, 0) is 0 Å². The van der Waals surface area contributed by atoms with E-state index in [0.717, 1.165) is 5.56 Å². The molecule has 0 spiro atoms.